The molecule has 1 aliphatic heterocycles. The van der Waals surface area contributed by atoms with Gasteiger partial charge in [-0.2, -0.15) is 0 Å². The standard InChI is InChI=1S/C17H14ClN3O/c18-14-5-6-16-19-15(11-21(16)10-14)17(22)20-8-7-12-3-1-2-4-13(12)9-20/h1-6,10-11H,7-9H2. The van der Waals surface area contributed by atoms with Crippen molar-refractivity contribution in [3.8, 4) is 0 Å². The van der Waals surface area contributed by atoms with Crippen LogP contribution < -0.4 is 0 Å². The number of rotatable bonds is 1. The van der Waals surface area contributed by atoms with Crippen LogP contribution in [0.2, 0.25) is 5.02 Å². The lowest BCUT2D eigenvalue weighted by Crippen LogP contribution is -2.36. The van der Waals surface area contributed by atoms with Gasteiger partial charge in [-0.25, -0.2) is 4.98 Å². The predicted octanol–water partition coefficient (Wildman–Crippen LogP) is 3.19. The fourth-order valence-corrected chi connectivity index (χ4v) is 3.07. The number of hydrogen-bond donors (Lipinski definition) is 0. The summed E-state index contributed by atoms with van der Waals surface area (Å²) >= 11 is 5.97. The first-order chi connectivity index (χ1) is 10.7. The molecule has 0 radical (unpaired) electrons. The van der Waals surface area contributed by atoms with E-state index in [4.69, 9.17) is 11.6 Å². The molecule has 1 aromatic carbocycles. The second-order valence-electron chi connectivity index (χ2n) is 5.48. The summed E-state index contributed by atoms with van der Waals surface area (Å²) in [7, 11) is 0. The van der Waals surface area contributed by atoms with Crippen LogP contribution in [0.15, 0.2) is 48.8 Å². The number of benzene rings is 1. The number of aromatic nitrogens is 2. The third-order valence-electron chi connectivity index (χ3n) is 4.05. The number of halogens is 1. The third kappa shape index (κ3) is 2.25. The van der Waals surface area contributed by atoms with E-state index in [1.165, 1.54) is 11.1 Å². The van der Waals surface area contributed by atoms with Crippen molar-refractivity contribution in [1.82, 2.24) is 14.3 Å². The first kappa shape index (κ1) is 13.3. The van der Waals surface area contributed by atoms with E-state index < -0.39 is 0 Å². The Morgan fingerprint density at radius 3 is 2.77 bits per heavy atom. The Bertz CT molecular complexity index is 871. The van der Waals surface area contributed by atoms with Crippen LogP contribution in [0, 0.1) is 0 Å². The van der Waals surface area contributed by atoms with E-state index in [1.807, 2.05) is 23.1 Å². The van der Waals surface area contributed by atoms with E-state index in [0.29, 0.717) is 17.3 Å². The molecule has 22 heavy (non-hydrogen) atoms. The van der Waals surface area contributed by atoms with Crippen molar-refractivity contribution in [2.75, 3.05) is 6.54 Å². The zero-order valence-corrected chi connectivity index (χ0v) is 12.6. The molecule has 3 aromatic rings. The molecule has 1 aliphatic rings. The molecule has 4 nitrogen and oxygen atoms in total. The summed E-state index contributed by atoms with van der Waals surface area (Å²) in [5, 5.41) is 0.621. The van der Waals surface area contributed by atoms with Gasteiger partial charge in [-0.1, -0.05) is 35.9 Å². The molecule has 3 heterocycles. The molecule has 0 spiro atoms. The van der Waals surface area contributed by atoms with Gasteiger partial charge in [0.2, 0.25) is 0 Å². The molecule has 1 amide bonds. The van der Waals surface area contributed by atoms with Crippen LogP contribution in [0.4, 0.5) is 0 Å². The second-order valence-corrected chi connectivity index (χ2v) is 5.92. The van der Waals surface area contributed by atoms with Gasteiger partial charge in [-0.15, -0.1) is 0 Å². The lowest BCUT2D eigenvalue weighted by molar-refractivity contribution is 0.0729. The van der Waals surface area contributed by atoms with Gasteiger partial charge in [-0.3, -0.25) is 4.79 Å². The largest absolute Gasteiger partial charge is 0.333 e. The van der Waals surface area contributed by atoms with Crippen molar-refractivity contribution < 1.29 is 4.79 Å². The maximum atomic E-state index is 12.7. The Morgan fingerprint density at radius 2 is 1.91 bits per heavy atom. The maximum Gasteiger partial charge on any atom is 0.274 e. The fourth-order valence-electron chi connectivity index (χ4n) is 2.90. The van der Waals surface area contributed by atoms with Crippen LogP contribution in [0.3, 0.4) is 0 Å². The highest BCUT2D eigenvalue weighted by molar-refractivity contribution is 6.30. The minimum Gasteiger partial charge on any atom is -0.333 e. The van der Waals surface area contributed by atoms with Crippen molar-refractivity contribution in [2.45, 2.75) is 13.0 Å². The Balaban J connectivity index is 1.64. The van der Waals surface area contributed by atoms with Crippen LogP contribution in [-0.2, 0) is 13.0 Å². The maximum absolute atomic E-state index is 12.7. The minimum absolute atomic E-state index is 0.0330. The number of imidazole rings is 1. The van der Waals surface area contributed by atoms with Crippen LogP contribution >= 0.6 is 11.6 Å². The zero-order chi connectivity index (χ0) is 15.1. The summed E-state index contributed by atoms with van der Waals surface area (Å²) in [5.41, 5.74) is 3.73. The van der Waals surface area contributed by atoms with E-state index in [9.17, 15) is 4.79 Å². The summed E-state index contributed by atoms with van der Waals surface area (Å²) in [6.07, 6.45) is 4.39. The van der Waals surface area contributed by atoms with Gasteiger partial charge in [-0.05, 0) is 29.7 Å². The molecule has 0 saturated heterocycles. The first-order valence-corrected chi connectivity index (χ1v) is 7.59. The number of hydrogen-bond acceptors (Lipinski definition) is 2. The van der Waals surface area contributed by atoms with Crippen LogP contribution in [-0.4, -0.2) is 26.7 Å². The Kier molecular flexibility index (Phi) is 3.12. The SMILES string of the molecule is O=C(c1cn2cc(Cl)ccc2n1)N1CCc2ccccc2C1. The molecule has 0 aliphatic carbocycles. The van der Waals surface area contributed by atoms with Crippen molar-refractivity contribution >= 4 is 23.2 Å². The smallest absolute Gasteiger partial charge is 0.274 e. The molecule has 0 saturated carbocycles. The summed E-state index contributed by atoms with van der Waals surface area (Å²) in [6.45, 7) is 1.37. The average molecular weight is 312 g/mol. The normalized spacial score (nSPS) is 14.1. The number of fused-ring (bicyclic) bond motifs is 2. The number of carbonyl (C=O) groups excluding carboxylic acids is 1. The van der Waals surface area contributed by atoms with Crippen molar-refractivity contribution in [3.63, 3.8) is 0 Å². The fraction of sp³-hybridized carbons (Fsp3) is 0.176. The predicted molar refractivity (Wildman–Crippen MR) is 85.1 cm³/mol. The molecule has 0 fully saturated rings. The van der Waals surface area contributed by atoms with E-state index in [1.54, 1.807) is 22.9 Å². The Morgan fingerprint density at radius 1 is 1.09 bits per heavy atom. The molecule has 4 rings (SSSR count). The average Bonchev–Trinajstić information content (AvgIpc) is 2.96. The molecule has 110 valence electrons. The van der Waals surface area contributed by atoms with Gasteiger partial charge in [0, 0.05) is 25.5 Å². The number of amides is 1. The minimum atomic E-state index is -0.0330. The van der Waals surface area contributed by atoms with E-state index in [2.05, 4.69) is 17.1 Å². The summed E-state index contributed by atoms with van der Waals surface area (Å²) in [5.74, 6) is -0.0330. The monoisotopic (exact) mass is 311 g/mol. The van der Waals surface area contributed by atoms with Crippen molar-refractivity contribution in [1.29, 1.82) is 0 Å². The number of nitrogens with zero attached hydrogens (tertiary/aromatic N) is 3. The van der Waals surface area contributed by atoms with E-state index in [-0.39, 0.29) is 5.91 Å². The van der Waals surface area contributed by atoms with Gasteiger partial charge >= 0.3 is 0 Å². The van der Waals surface area contributed by atoms with Gasteiger partial charge in [0.25, 0.3) is 5.91 Å². The quantitative estimate of drug-likeness (QED) is 0.692. The molecule has 0 atom stereocenters. The molecule has 5 heteroatoms. The van der Waals surface area contributed by atoms with E-state index in [0.717, 1.165) is 18.6 Å². The topological polar surface area (TPSA) is 37.6 Å². The molecule has 0 bridgehead atoms. The van der Waals surface area contributed by atoms with Crippen molar-refractivity contribution in [3.05, 3.63) is 70.6 Å². The van der Waals surface area contributed by atoms with Crippen LogP contribution in [0.5, 0.6) is 0 Å². The second kappa shape index (κ2) is 5.14. The Labute approximate surface area is 133 Å². The lowest BCUT2D eigenvalue weighted by atomic mass is 10.00. The molecule has 0 N–H and O–H groups in total. The molecule has 2 aromatic heterocycles. The summed E-state index contributed by atoms with van der Waals surface area (Å²) in [6, 6.07) is 11.9. The first-order valence-electron chi connectivity index (χ1n) is 7.21. The number of carbonyl (C=O) groups is 1. The van der Waals surface area contributed by atoms with Crippen LogP contribution in [0.1, 0.15) is 21.6 Å². The zero-order valence-electron chi connectivity index (χ0n) is 11.9. The number of pyridine rings is 1. The van der Waals surface area contributed by atoms with Crippen LogP contribution in [0.25, 0.3) is 5.65 Å². The third-order valence-corrected chi connectivity index (χ3v) is 4.28. The van der Waals surface area contributed by atoms with Gasteiger partial charge < -0.3 is 9.30 Å². The Hall–Kier alpha value is -2.33. The molecular weight excluding hydrogens is 298 g/mol. The highest BCUT2D eigenvalue weighted by Crippen LogP contribution is 2.20. The molecular formula is C17H14ClN3O. The molecule has 0 unspecified atom stereocenters. The lowest BCUT2D eigenvalue weighted by Gasteiger charge is -2.28. The van der Waals surface area contributed by atoms with Crippen molar-refractivity contribution in [2.24, 2.45) is 0 Å². The summed E-state index contributed by atoms with van der Waals surface area (Å²) in [4.78, 5) is 18.9. The van der Waals surface area contributed by atoms with Gasteiger partial charge in [0.1, 0.15) is 11.3 Å². The van der Waals surface area contributed by atoms with E-state index >= 15 is 0 Å². The summed E-state index contributed by atoms with van der Waals surface area (Å²) < 4.78 is 1.79. The van der Waals surface area contributed by atoms with Gasteiger partial charge in [0.05, 0.1) is 5.02 Å². The highest BCUT2D eigenvalue weighted by Gasteiger charge is 2.23. The highest BCUT2D eigenvalue weighted by atomic mass is 35.5. The van der Waals surface area contributed by atoms with Gasteiger partial charge in [0.15, 0.2) is 0 Å².